The number of carbonyl (C=O) groups is 1. The van der Waals surface area contributed by atoms with E-state index in [1.165, 1.54) is 37.4 Å². The molecule has 0 spiro atoms. The highest BCUT2D eigenvalue weighted by atomic mass is 32.2. The van der Waals surface area contributed by atoms with Crippen LogP contribution in [0.25, 0.3) is 0 Å². The zero-order valence-electron chi connectivity index (χ0n) is 14.0. The lowest BCUT2D eigenvalue weighted by Gasteiger charge is -2.07. The third-order valence-electron chi connectivity index (χ3n) is 3.79. The summed E-state index contributed by atoms with van der Waals surface area (Å²) in [7, 11) is -2.30. The average Bonchev–Trinajstić information content (AvgIpc) is 3.10. The lowest BCUT2D eigenvalue weighted by molar-refractivity contribution is -0.448. The van der Waals surface area contributed by atoms with Crippen molar-refractivity contribution in [2.24, 2.45) is 7.05 Å². The number of amidine groups is 1. The Morgan fingerprint density at radius 1 is 1.27 bits per heavy atom. The van der Waals surface area contributed by atoms with E-state index in [0.29, 0.717) is 17.9 Å². The van der Waals surface area contributed by atoms with Crippen LogP contribution in [0.2, 0.25) is 0 Å². The monoisotopic (exact) mass is 376 g/mol. The van der Waals surface area contributed by atoms with Crippen molar-refractivity contribution in [3.05, 3.63) is 52.4 Å². The standard InChI is InChI=1S/C16H17N5O4S/c1-21-15(22)8-7-13(19-21)16(23)18-11-4-2-5-12(10-11)26(24,25)20-14-6-3-9-17-14/h2,4-5,7-8,10H,3,6,9H2,1H3,(H,17,20)(H,18,23)/p+1. The summed E-state index contributed by atoms with van der Waals surface area (Å²) in [5, 5.41) is 6.44. The fourth-order valence-corrected chi connectivity index (χ4v) is 3.62. The van der Waals surface area contributed by atoms with Crippen LogP contribution in [0.3, 0.4) is 0 Å². The molecular weight excluding hydrogens is 358 g/mol. The van der Waals surface area contributed by atoms with Gasteiger partial charge in [0.1, 0.15) is 10.6 Å². The maximum Gasteiger partial charge on any atom is 0.328 e. The van der Waals surface area contributed by atoms with Crippen molar-refractivity contribution in [1.82, 2.24) is 14.5 Å². The molecule has 1 aromatic carbocycles. The molecule has 1 aromatic heterocycles. The minimum Gasteiger partial charge on any atom is -0.321 e. The second-order valence-electron chi connectivity index (χ2n) is 5.78. The maximum atomic E-state index is 12.4. The lowest BCUT2D eigenvalue weighted by atomic mass is 10.3. The Bertz CT molecular complexity index is 1040. The zero-order valence-corrected chi connectivity index (χ0v) is 14.8. The molecule has 9 nitrogen and oxygen atoms in total. The molecule has 3 rings (SSSR count). The molecule has 10 heteroatoms. The summed E-state index contributed by atoms with van der Waals surface area (Å²) in [6, 6.07) is 8.45. The number of aryl methyl sites for hydroxylation is 1. The molecule has 2 aromatic rings. The number of hydrogen-bond donors (Lipinski definition) is 3. The van der Waals surface area contributed by atoms with Crippen LogP contribution < -0.4 is 20.6 Å². The third-order valence-corrected chi connectivity index (χ3v) is 5.18. The first kappa shape index (κ1) is 17.8. The van der Waals surface area contributed by atoms with Crippen molar-refractivity contribution < 1.29 is 18.2 Å². The van der Waals surface area contributed by atoms with E-state index in [9.17, 15) is 18.0 Å². The van der Waals surface area contributed by atoms with Crippen LogP contribution in [-0.2, 0) is 17.1 Å². The van der Waals surface area contributed by atoms with E-state index in [-0.39, 0.29) is 16.1 Å². The Hall–Kier alpha value is -3.01. The van der Waals surface area contributed by atoms with E-state index >= 15 is 0 Å². The minimum absolute atomic E-state index is 0.0323. The zero-order chi connectivity index (χ0) is 18.7. The number of amides is 1. The molecule has 1 aliphatic rings. The molecule has 1 aliphatic heterocycles. The van der Waals surface area contributed by atoms with Crippen LogP contribution in [0.5, 0.6) is 0 Å². The van der Waals surface area contributed by atoms with Crippen LogP contribution in [-0.4, -0.2) is 36.5 Å². The molecule has 3 N–H and O–H groups in total. The molecule has 0 unspecified atom stereocenters. The normalized spacial score (nSPS) is 14.0. The number of rotatable bonds is 4. The van der Waals surface area contributed by atoms with Gasteiger partial charge in [-0.25, -0.2) is 4.68 Å². The molecule has 2 heterocycles. The SMILES string of the molecule is Cn1nc(C(=O)Nc2cccc(S(=O)(=O)NC3=[NH+]CCC3)c2)ccc1=O. The van der Waals surface area contributed by atoms with Gasteiger partial charge in [-0.2, -0.15) is 18.2 Å². The van der Waals surface area contributed by atoms with E-state index < -0.39 is 15.9 Å². The number of hydrogen-bond acceptors (Lipinski definition) is 5. The van der Waals surface area contributed by atoms with Gasteiger partial charge < -0.3 is 5.32 Å². The van der Waals surface area contributed by atoms with E-state index in [2.05, 4.69) is 20.1 Å². The molecule has 0 radical (unpaired) electrons. The van der Waals surface area contributed by atoms with E-state index in [4.69, 9.17) is 0 Å². The minimum atomic E-state index is -3.74. The van der Waals surface area contributed by atoms with Gasteiger partial charge in [0.05, 0.1) is 13.0 Å². The van der Waals surface area contributed by atoms with Gasteiger partial charge in [0, 0.05) is 18.8 Å². The Kier molecular flexibility index (Phi) is 4.85. The van der Waals surface area contributed by atoms with Gasteiger partial charge in [0.25, 0.3) is 17.3 Å². The molecule has 0 bridgehead atoms. The number of nitrogens with one attached hydrogen (secondary N) is 3. The highest BCUT2D eigenvalue weighted by Gasteiger charge is 2.24. The highest BCUT2D eigenvalue weighted by molar-refractivity contribution is 7.90. The van der Waals surface area contributed by atoms with Gasteiger partial charge in [-0.1, -0.05) is 6.07 Å². The maximum absolute atomic E-state index is 12.4. The molecule has 0 atom stereocenters. The largest absolute Gasteiger partial charge is 0.328 e. The van der Waals surface area contributed by atoms with Gasteiger partial charge in [-0.05, 0) is 30.7 Å². The summed E-state index contributed by atoms with van der Waals surface area (Å²) in [6.45, 7) is 0.737. The fraction of sp³-hybridized carbons (Fsp3) is 0.250. The van der Waals surface area contributed by atoms with Gasteiger partial charge in [-0.3, -0.25) is 14.6 Å². The van der Waals surface area contributed by atoms with Crippen LogP contribution in [0.15, 0.2) is 46.1 Å². The molecule has 0 saturated heterocycles. The van der Waals surface area contributed by atoms with Crippen LogP contribution in [0.4, 0.5) is 5.69 Å². The topological polar surface area (TPSA) is 124 Å². The summed E-state index contributed by atoms with van der Waals surface area (Å²) >= 11 is 0. The molecule has 26 heavy (non-hydrogen) atoms. The predicted octanol–water partition coefficient (Wildman–Crippen LogP) is -1.42. The summed E-state index contributed by atoms with van der Waals surface area (Å²) in [5.74, 6) is 0.0174. The van der Waals surface area contributed by atoms with Gasteiger partial charge in [0.15, 0.2) is 0 Å². The van der Waals surface area contributed by atoms with E-state index in [0.717, 1.165) is 17.6 Å². The first-order chi connectivity index (χ1) is 12.3. The quantitative estimate of drug-likeness (QED) is 0.604. The summed E-state index contributed by atoms with van der Waals surface area (Å²) in [4.78, 5) is 26.6. The fourth-order valence-electron chi connectivity index (χ4n) is 2.46. The smallest absolute Gasteiger partial charge is 0.321 e. The Labute approximate surface area is 149 Å². The van der Waals surface area contributed by atoms with Crippen molar-refractivity contribution in [1.29, 1.82) is 0 Å². The van der Waals surface area contributed by atoms with Gasteiger partial charge in [0.2, 0.25) is 0 Å². The summed E-state index contributed by atoms with van der Waals surface area (Å²) in [5.41, 5.74) is 0.0147. The number of carbonyl (C=O) groups excluding carboxylic acids is 1. The molecular formula is C16H18N5O4S+. The predicted molar refractivity (Wildman–Crippen MR) is 94.3 cm³/mol. The van der Waals surface area contributed by atoms with Gasteiger partial charge >= 0.3 is 10.0 Å². The van der Waals surface area contributed by atoms with Crippen LogP contribution in [0, 0.1) is 0 Å². The van der Waals surface area contributed by atoms with Gasteiger partial charge in [-0.15, -0.1) is 0 Å². The van der Waals surface area contributed by atoms with Crippen molar-refractivity contribution in [2.45, 2.75) is 17.7 Å². The summed E-state index contributed by atoms with van der Waals surface area (Å²) < 4.78 is 28.4. The Morgan fingerprint density at radius 2 is 2.08 bits per heavy atom. The molecule has 0 saturated carbocycles. The number of anilines is 1. The van der Waals surface area contributed by atoms with Crippen molar-refractivity contribution in [3.63, 3.8) is 0 Å². The first-order valence-electron chi connectivity index (χ1n) is 7.93. The van der Waals surface area contributed by atoms with E-state index in [1.54, 1.807) is 6.07 Å². The van der Waals surface area contributed by atoms with Crippen molar-refractivity contribution in [2.75, 3.05) is 11.9 Å². The first-order valence-corrected chi connectivity index (χ1v) is 9.42. The second kappa shape index (κ2) is 7.08. The van der Waals surface area contributed by atoms with Crippen molar-refractivity contribution in [3.8, 4) is 0 Å². The molecule has 0 aliphatic carbocycles. The highest BCUT2D eigenvalue weighted by Crippen LogP contribution is 2.16. The molecule has 136 valence electrons. The number of benzene rings is 1. The Balaban J connectivity index is 1.79. The lowest BCUT2D eigenvalue weighted by Crippen LogP contribution is -2.72. The number of nitrogens with zero attached hydrogens (tertiary/aromatic N) is 2. The molecule has 0 fully saturated rings. The second-order valence-corrected chi connectivity index (χ2v) is 7.46. The molecule has 1 amide bonds. The number of aromatic nitrogens is 2. The third kappa shape index (κ3) is 3.97. The van der Waals surface area contributed by atoms with Crippen LogP contribution >= 0.6 is 0 Å². The van der Waals surface area contributed by atoms with E-state index in [1.807, 2.05) is 0 Å². The van der Waals surface area contributed by atoms with Crippen LogP contribution in [0.1, 0.15) is 23.3 Å². The number of sulfonamides is 1. The van der Waals surface area contributed by atoms with Crippen molar-refractivity contribution >= 4 is 27.5 Å². The Morgan fingerprint density at radius 3 is 2.77 bits per heavy atom. The summed E-state index contributed by atoms with van der Waals surface area (Å²) in [6.07, 6.45) is 1.52. The average molecular weight is 376 g/mol.